The number of piperazine rings is 1. The summed E-state index contributed by atoms with van der Waals surface area (Å²) in [7, 11) is 0. The minimum atomic E-state index is -0.0697. The van der Waals surface area contributed by atoms with Crippen molar-refractivity contribution in [2.75, 3.05) is 42.9 Å². The molecule has 1 aliphatic rings. The average Bonchev–Trinajstić information content (AvgIpc) is 3.13. The summed E-state index contributed by atoms with van der Waals surface area (Å²) in [6, 6.07) is 12.1. The summed E-state index contributed by atoms with van der Waals surface area (Å²) < 4.78 is 0. The Hall–Kier alpha value is -2.44. The van der Waals surface area contributed by atoms with Gasteiger partial charge in [-0.1, -0.05) is 19.1 Å². The first-order valence-electron chi connectivity index (χ1n) is 9.80. The Labute approximate surface area is 170 Å². The van der Waals surface area contributed by atoms with Crippen molar-refractivity contribution >= 4 is 38.8 Å². The number of likely N-dealkylation sites (N-methyl/N-ethyl adjacent to an activating group) is 1. The third-order valence-electron chi connectivity index (χ3n) is 5.38. The molecular weight excluding hydrogens is 368 g/mol. The van der Waals surface area contributed by atoms with Crippen LogP contribution in [0.5, 0.6) is 0 Å². The van der Waals surface area contributed by atoms with E-state index in [4.69, 9.17) is 0 Å². The topological polar surface area (TPSA) is 48.5 Å². The van der Waals surface area contributed by atoms with Gasteiger partial charge in [-0.25, -0.2) is 4.98 Å². The molecule has 28 heavy (non-hydrogen) atoms. The second kappa shape index (κ2) is 7.89. The maximum atomic E-state index is 13.0. The maximum absolute atomic E-state index is 13.0. The second-order valence-electron chi connectivity index (χ2n) is 7.30. The molecule has 1 saturated heterocycles. The van der Waals surface area contributed by atoms with Gasteiger partial charge >= 0.3 is 0 Å². The van der Waals surface area contributed by atoms with E-state index >= 15 is 0 Å². The van der Waals surface area contributed by atoms with Crippen molar-refractivity contribution in [1.82, 2.24) is 9.88 Å². The smallest absolute Gasteiger partial charge is 0.265 e. The number of carbonyl (C=O) groups is 1. The Morgan fingerprint density at radius 3 is 2.64 bits per heavy atom. The van der Waals surface area contributed by atoms with Gasteiger partial charge < -0.3 is 15.1 Å². The van der Waals surface area contributed by atoms with Gasteiger partial charge in [0.1, 0.15) is 4.83 Å². The number of amides is 1. The van der Waals surface area contributed by atoms with E-state index in [1.54, 1.807) is 0 Å². The summed E-state index contributed by atoms with van der Waals surface area (Å²) in [5, 5.41) is 4.19. The van der Waals surface area contributed by atoms with Gasteiger partial charge in [0, 0.05) is 37.3 Å². The maximum Gasteiger partial charge on any atom is 0.265 e. The molecule has 0 unspecified atom stereocenters. The molecule has 0 saturated carbocycles. The first-order valence-corrected chi connectivity index (χ1v) is 10.6. The summed E-state index contributed by atoms with van der Waals surface area (Å²) >= 11 is 1.45. The minimum absolute atomic E-state index is 0.0697. The van der Waals surface area contributed by atoms with Crippen LogP contribution in [0.3, 0.4) is 0 Å². The van der Waals surface area contributed by atoms with Gasteiger partial charge in [0.15, 0.2) is 0 Å². The zero-order valence-electron chi connectivity index (χ0n) is 16.7. The SMILES string of the molecule is CCN1CCN(c2ccccc2NC(=O)c2cc3c(C)cc(C)nc3s2)CC1. The lowest BCUT2D eigenvalue weighted by Gasteiger charge is -2.36. The summed E-state index contributed by atoms with van der Waals surface area (Å²) in [6.45, 7) is 11.4. The molecule has 3 aromatic rings. The summed E-state index contributed by atoms with van der Waals surface area (Å²) in [5.74, 6) is -0.0697. The second-order valence-corrected chi connectivity index (χ2v) is 8.33. The number of rotatable bonds is 4. The number of thiophene rings is 1. The molecule has 1 N–H and O–H groups in total. The number of para-hydroxylation sites is 2. The van der Waals surface area contributed by atoms with Gasteiger partial charge in [0.2, 0.25) is 0 Å². The molecule has 1 amide bonds. The van der Waals surface area contributed by atoms with Crippen LogP contribution < -0.4 is 10.2 Å². The highest BCUT2D eigenvalue weighted by Gasteiger charge is 2.20. The first-order chi connectivity index (χ1) is 13.5. The molecule has 1 fully saturated rings. The molecule has 0 atom stereocenters. The monoisotopic (exact) mass is 394 g/mol. The largest absolute Gasteiger partial charge is 0.367 e. The third kappa shape index (κ3) is 3.75. The fourth-order valence-corrected chi connectivity index (χ4v) is 4.83. The number of aryl methyl sites for hydroxylation is 2. The molecule has 1 aliphatic heterocycles. The minimum Gasteiger partial charge on any atom is -0.367 e. The molecule has 1 aromatic carbocycles. The lowest BCUT2D eigenvalue weighted by molar-refractivity contribution is 0.103. The molecule has 0 spiro atoms. The van der Waals surface area contributed by atoms with Crippen LogP contribution in [-0.4, -0.2) is 48.5 Å². The van der Waals surface area contributed by atoms with Crippen molar-refractivity contribution in [1.29, 1.82) is 0 Å². The Morgan fingerprint density at radius 2 is 1.89 bits per heavy atom. The third-order valence-corrected chi connectivity index (χ3v) is 6.40. The number of hydrogen-bond donors (Lipinski definition) is 1. The molecule has 4 rings (SSSR count). The molecule has 5 nitrogen and oxygen atoms in total. The summed E-state index contributed by atoms with van der Waals surface area (Å²) in [6.07, 6.45) is 0. The normalized spacial score (nSPS) is 15.2. The molecule has 146 valence electrons. The highest BCUT2D eigenvalue weighted by molar-refractivity contribution is 7.20. The number of benzene rings is 1. The van der Waals surface area contributed by atoms with Crippen LogP contribution in [0.2, 0.25) is 0 Å². The van der Waals surface area contributed by atoms with Crippen LogP contribution in [-0.2, 0) is 0 Å². The van der Waals surface area contributed by atoms with Gasteiger partial charge in [-0.2, -0.15) is 0 Å². The number of pyridine rings is 1. The Kier molecular flexibility index (Phi) is 5.33. The molecule has 0 bridgehead atoms. The number of aromatic nitrogens is 1. The summed E-state index contributed by atoms with van der Waals surface area (Å²) in [4.78, 5) is 24.0. The zero-order chi connectivity index (χ0) is 19.7. The van der Waals surface area contributed by atoms with Crippen LogP contribution in [0, 0.1) is 13.8 Å². The van der Waals surface area contributed by atoms with E-state index in [1.165, 1.54) is 11.3 Å². The number of nitrogens with one attached hydrogen (secondary N) is 1. The highest BCUT2D eigenvalue weighted by Crippen LogP contribution is 2.30. The highest BCUT2D eigenvalue weighted by atomic mass is 32.1. The van der Waals surface area contributed by atoms with E-state index < -0.39 is 0 Å². The van der Waals surface area contributed by atoms with Crippen molar-refractivity contribution in [3.05, 3.63) is 52.5 Å². The molecule has 6 heteroatoms. The predicted molar refractivity (Wildman–Crippen MR) is 118 cm³/mol. The van der Waals surface area contributed by atoms with Crippen LogP contribution >= 0.6 is 11.3 Å². The Bertz CT molecular complexity index is 1000. The van der Waals surface area contributed by atoms with E-state index in [-0.39, 0.29) is 5.91 Å². The number of anilines is 2. The summed E-state index contributed by atoms with van der Waals surface area (Å²) in [5.41, 5.74) is 4.11. The van der Waals surface area contributed by atoms with Crippen LogP contribution in [0.25, 0.3) is 10.2 Å². The fourth-order valence-electron chi connectivity index (χ4n) is 3.79. The van der Waals surface area contributed by atoms with E-state index in [9.17, 15) is 4.79 Å². The van der Waals surface area contributed by atoms with Crippen molar-refractivity contribution in [2.45, 2.75) is 20.8 Å². The number of fused-ring (bicyclic) bond motifs is 1. The van der Waals surface area contributed by atoms with Crippen molar-refractivity contribution in [2.24, 2.45) is 0 Å². The van der Waals surface area contributed by atoms with Gasteiger partial charge in [-0.15, -0.1) is 11.3 Å². The standard InChI is InChI=1S/C22H26N4OS/c1-4-25-9-11-26(12-10-25)19-8-6-5-7-18(19)24-21(27)20-14-17-15(2)13-16(3)23-22(17)28-20/h5-8,13-14H,4,9-12H2,1-3H3,(H,24,27). The van der Waals surface area contributed by atoms with Crippen LogP contribution in [0.4, 0.5) is 11.4 Å². The van der Waals surface area contributed by atoms with Gasteiger partial charge in [0.05, 0.1) is 16.3 Å². The molecule has 0 aliphatic carbocycles. The molecule has 2 aromatic heterocycles. The fraction of sp³-hybridized carbons (Fsp3) is 0.364. The lowest BCUT2D eigenvalue weighted by atomic mass is 10.2. The van der Waals surface area contributed by atoms with E-state index in [0.29, 0.717) is 4.88 Å². The van der Waals surface area contributed by atoms with Gasteiger partial charge in [-0.05, 0) is 50.2 Å². The van der Waals surface area contributed by atoms with Gasteiger partial charge in [-0.3, -0.25) is 4.79 Å². The predicted octanol–water partition coefficient (Wildman–Crippen LogP) is 4.31. The zero-order valence-corrected chi connectivity index (χ0v) is 17.5. The average molecular weight is 395 g/mol. The molecule has 0 radical (unpaired) electrons. The first kappa shape index (κ1) is 18.9. The quantitative estimate of drug-likeness (QED) is 0.716. The Morgan fingerprint density at radius 1 is 1.14 bits per heavy atom. The van der Waals surface area contributed by atoms with Crippen LogP contribution in [0.1, 0.15) is 27.9 Å². The van der Waals surface area contributed by atoms with Crippen molar-refractivity contribution in [3.8, 4) is 0 Å². The van der Waals surface area contributed by atoms with E-state index in [1.807, 2.05) is 31.2 Å². The lowest BCUT2D eigenvalue weighted by Crippen LogP contribution is -2.46. The van der Waals surface area contributed by atoms with Gasteiger partial charge in [0.25, 0.3) is 5.91 Å². The number of hydrogen-bond acceptors (Lipinski definition) is 5. The number of nitrogens with zero attached hydrogens (tertiary/aromatic N) is 3. The Balaban J connectivity index is 1.56. The van der Waals surface area contributed by atoms with Crippen molar-refractivity contribution in [3.63, 3.8) is 0 Å². The van der Waals surface area contributed by atoms with Crippen molar-refractivity contribution < 1.29 is 4.79 Å². The molecule has 3 heterocycles. The number of carbonyl (C=O) groups excluding carboxylic acids is 1. The molecular formula is C22H26N4OS. The van der Waals surface area contributed by atoms with E-state index in [2.05, 4.69) is 46.1 Å². The van der Waals surface area contributed by atoms with Crippen LogP contribution in [0.15, 0.2) is 36.4 Å². The van der Waals surface area contributed by atoms with E-state index in [0.717, 1.165) is 65.6 Å².